The number of fused-ring (bicyclic) bond motifs is 1. The summed E-state index contributed by atoms with van der Waals surface area (Å²) in [6.45, 7) is 6.28. The molecule has 2 unspecified atom stereocenters. The van der Waals surface area contributed by atoms with Gasteiger partial charge in [0.1, 0.15) is 0 Å². The lowest BCUT2D eigenvalue weighted by Gasteiger charge is -2.19. The fraction of sp³-hybridized carbons (Fsp3) is 0.300. The first kappa shape index (κ1) is 17.8. The molecule has 3 aromatic rings. The SMILES string of the molecule is CCC(C)c1cccc(C(C)n2c(=O)cnc3cc([N+](=O)[O-])ccc32)c1. The molecule has 2 atom stereocenters. The monoisotopic (exact) mass is 351 g/mol. The number of rotatable bonds is 5. The molecule has 1 heterocycles. The average Bonchev–Trinajstić information content (AvgIpc) is 2.66. The maximum atomic E-state index is 12.5. The van der Waals surface area contributed by atoms with Crippen molar-refractivity contribution in [1.29, 1.82) is 0 Å². The van der Waals surface area contributed by atoms with Crippen LogP contribution in [0.1, 0.15) is 50.3 Å². The van der Waals surface area contributed by atoms with Gasteiger partial charge in [0, 0.05) is 12.1 Å². The second-order valence-corrected chi connectivity index (χ2v) is 6.55. The first-order valence-electron chi connectivity index (χ1n) is 8.68. The smallest absolute Gasteiger partial charge is 0.271 e. The van der Waals surface area contributed by atoms with Crippen molar-refractivity contribution in [1.82, 2.24) is 9.55 Å². The average molecular weight is 351 g/mol. The lowest BCUT2D eigenvalue weighted by atomic mass is 9.95. The van der Waals surface area contributed by atoms with Crippen LogP contribution < -0.4 is 5.56 Å². The normalized spacial score (nSPS) is 13.5. The highest BCUT2D eigenvalue weighted by molar-refractivity contribution is 5.77. The number of non-ortho nitro benzene ring substituents is 1. The van der Waals surface area contributed by atoms with Gasteiger partial charge < -0.3 is 0 Å². The molecule has 0 radical (unpaired) electrons. The van der Waals surface area contributed by atoms with E-state index in [1.54, 1.807) is 10.6 Å². The number of benzene rings is 2. The van der Waals surface area contributed by atoms with E-state index in [1.165, 1.54) is 23.9 Å². The minimum atomic E-state index is -0.463. The van der Waals surface area contributed by atoms with Crippen LogP contribution in [-0.4, -0.2) is 14.5 Å². The summed E-state index contributed by atoms with van der Waals surface area (Å²) in [7, 11) is 0. The number of hydrogen-bond acceptors (Lipinski definition) is 4. The van der Waals surface area contributed by atoms with E-state index in [0.29, 0.717) is 17.0 Å². The van der Waals surface area contributed by atoms with Gasteiger partial charge in [-0.15, -0.1) is 0 Å². The molecule has 6 nitrogen and oxygen atoms in total. The molecule has 6 heteroatoms. The molecule has 0 saturated heterocycles. The summed E-state index contributed by atoms with van der Waals surface area (Å²) in [6, 6.07) is 12.4. The van der Waals surface area contributed by atoms with Gasteiger partial charge >= 0.3 is 0 Å². The zero-order valence-electron chi connectivity index (χ0n) is 15.0. The zero-order chi connectivity index (χ0) is 18.8. The minimum absolute atomic E-state index is 0.0402. The number of aromatic nitrogens is 2. The van der Waals surface area contributed by atoms with Gasteiger partial charge in [-0.2, -0.15) is 0 Å². The predicted molar refractivity (Wildman–Crippen MR) is 102 cm³/mol. The van der Waals surface area contributed by atoms with Gasteiger partial charge in [-0.25, -0.2) is 4.98 Å². The number of nitro benzene ring substituents is 1. The third-order valence-corrected chi connectivity index (χ3v) is 4.94. The largest absolute Gasteiger partial charge is 0.298 e. The molecule has 0 amide bonds. The van der Waals surface area contributed by atoms with Gasteiger partial charge in [-0.05, 0) is 36.5 Å². The van der Waals surface area contributed by atoms with Gasteiger partial charge in [0.15, 0.2) is 0 Å². The van der Waals surface area contributed by atoms with Crippen LogP contribution in [0.15, 0.2) is 53.5 Å². The molecule has 0 fully saturated rings. The van der Waals surface area contributed by atoms with E-state index in [4.69, 9.17) is 0 Å². The highest BCUT2D eigenvalue weighted by Crippen LogP contribution is 2.26. The van der Waals surface area contributed by atoms with Gasteiger partial charge in [0.25, 0.3) is 11.2 Å². The lowest BCUT2D eigenvalue weighted by molar-refractivity contribution is -0.384. The summed E-state index contributed by atoms with van der Waals surface area (Å²) in [6.07, 6.45) is 2.26. The Balaban J connectivity index is 2.14. The van der Waals surface area contributed by atoms with E-state index in [-0.39, 0.29) is 17.3 Å². The van der Waals surface area contributed by atoms with Crippen LogP contribution in [0.2, 0.25) is 0 Å². The van der Waals surface area contributed by atoms with Gasteiger partial charge in [0.2, 0.25) is 0 Å². The summed E-state index contributed by atoms with van der Waals surface area (Å²) < 4.78 is 1.64. The van der Waals surface area contributed by atoms with Gasteiger partial charge in [-0.3, -0.25) is 19.5 Å². The number of nitro groups is 1. The molecule has 2 aromatic carbocycles. The van der Waals surface area contributed by atoms with Crippen LogP contribution in [-0.2, 0) is 0 Å². The Kier molecular flexibility index (Phi) is 4.84. The molecule has 0 spiro atoms. The third kappa shape index (κ3) is 3.22. The van der Waals surface area contributed by atoms with Crippen LogP contribution in [0.5, 0.6) is 0 Å². The van der Waals surface area contributed by atoms with Gasteiger partial charge in [0.05, 0.1) is 28.2 Å². The molecular formula is C20H21N3O3. The molecule has 1 aromatic heterocycles. The molecular weight excluding hydrogens is 330 g/mol. The Labute approximate surface area is 151 Å². The molecule has 0 aliphatic carbocycles. The molecule has 0 saturated carbocycles. The Morgan fingerprint density at radius 2 is 1.88 bits per heavy atom. The standard InChI is InChI=1S/C20H21N3O3/c1-4-13(2)15-6-5-7-16(10-15)14(3)22-19-9-8-17(23(25)26)11-18(19)21-12-20(22)24/h5-14H,4H2,1-3H3. The maximum absolute atomic E-state index is 12.5. The van der Waals surface area contributed by atoms with Crippen molar-refractivity contribution < 1.29 is 4.92 Å². The summed E-state index contributed by atoms with van der Waals surface area (Å²) in [5, 5.41) is 11.0. The summed E-state index contributed by atoms with van der Waals surface area (Å²) in [5.41, 5.74) is 3.01. The highest BCUT2D eigenvalue weighted by atomic mass is 16.6. The zero-order valence-corrected chi connectivity index (χ0v) is 15.0. The van der Waals surface area contributed by atoms with Crippen LogP contribution >= 0.6 is 0 Å². The van der Waals surface area contributed by atoms with E-state index < -0.39 is 4.92 Å². The fourth-order valence-electron chi connectivity index (χ4n) is 3.15. The highest BCUT2D eigenvalue weighted by Gasteiger charge is 2.16. The molecule has 134 valence electrons. The van der Waals surface area contributed by atoms with Crippen molar-refractivity contribution >= 4 is 16.7 Å². The summed E-state index contributed by atoms with van der Waals surface area (Å²) in [5.74, 6) is 0.440. The van der Waals surface area contributed by atoms with E-state index in [9.17, 15) is 14.9 Å². The molecule has 0 aliphatic heterocycles. The topological polar surface area (TPSA) is 78.0 Å². The van der Waals surface area contributed by atoms with Crippen LogP contribution in [0.3, 0.4) is 0 Å². The van der Waals surface area contributed by atoms with E-state index >= 15 is 0 Å². The summed E-state index contributed by atoms with van der Waals surface area (Å²) >= 11 is 0. The fourth-order valence-corrected chi connectivity index (χ4v) is 3.15. The maximum Gasteiger partial charge on any atom is 0.271 e. The van der Waals surface area contributed by atoms with Gasteiger partial charge in [-0.1, -0.05) is 38.1 Å². The molecule has 0 N–H and O–H groups in total. The first-order chi connectivity index (χ1) is 12.4. The molecule has 0 aliphatic rings. The minimum Gasteiger partial charge on any atom is -0.298 e. The second kappa shape index (κ2) is 7.07. The Bertz CT molecular complexity index is 1030. The lowest BCUT2D eigenvalue weighted by Crippen LogP contribution is -2.24. The quantitative estimate of drug-likeness (QED) is 0.503. The van der Waals surface area contributed by atoms with Crippen LogP contribution in [0, 0.1) is 10.1 Å². The number of nitrogens with zero attached hydrogens (tertiary/aromatic N) is 3. The van der Waals surface area contributed by atoms with Crippen LogP contribution in [0.4, 0.5) is 5.69 Å². The van der Waals surface area contributed by atoms with E-state index in [2.05, 4.69) is 31.0 Å². The van der Waals surface area contributed by atoms with Crippen molar-refractivity contribution in [3.63, 3.8) is 0 Å². The third-order valence-electron chi connectivity index (χ3n) is 4.94. The number of hydrogen-bond donors (Lipinski definition) is 0. The van der Waals surface area contributed by atoms with Crippen molar-refractivity contribution in [2.24, 2.45) is 0 Å². The molecule has 0 bridgehead atoms. The Morgan fingerprint density at radius 1 is 1.15 bits per heavy atom. The first-order valence-corrected chi connectivity index (χ1v) is 8.68. The van der Waals surface area contributed by atoms with Crippen LogP contribution in [0.25, 0.3) is 11.0 Å². The van der Waals surface area contributed by atoms with Crippen molar-refractivity contribution in [2.75, 3.05) is 0 Å². The second-order valence-electron chi connectivity index (χ2n) is 6.55. The molecule has 26 heavy (non-hydrogen) atoms. The van der Waals surface area contributed by atoms with E-state index in [0.717, 1.165) is 12.0 Å². The summed E-state index contributed by atoms with van der Waals surface area (Å²) in [4.78, 5) is 27.1. The Morgan fingerprint density at radius 3 is 2.58 bits per heavy atom. The Hall–Kier alpha value is -3.02. The van der Waals surface area contributed by atoms with E-state index in [1.807, 2.05) is 19.1 Å². The van der Waals surface area contributed by atoms with Crippen molar-refractivity contribution in [3.8, 4) is 0 Å². The molecule has 3 rings (SSSR count). The van der Waals surface area contributed by atoms with Crippen molar-refractivity contribution in [3.05, 3.63) is 80.3 Å². The van der Waals surface area contributed by atoms with Crippen molar-refractivity contribution in [2.45, 2.75) is 39.2 Å². The predicted octanol–water partition coefficient (Wildman–Crippen LogP) is 4.43.